The lowest BCUT2D eigenvalue weighted by Gasteiger charge is -2.30. The molecule has 250 valence electrons. The van der Waals surface area contributed by atoms with E-state index in [2.05, 4.69) is 210 Å². The zero-order chi connectivity index (χ0) is 35.4. The Hall–Kier alpha value is -6.90. The normalized spacial score (nSPS) is 15.5. The van der Waals surface area contributed by atoms with Crippen LogP contribution in [-0.4, -0.2) is 10.8 Å². The third-order valence-corrected chi connectivity index (χ3v) is 12.2. The maximum atomic E-state index is 2.51. The van der Waals surface area contributed by atoms with Crippen LogP contribution in [0.15, 0.2) is 194 Å². The van der Waals surface area contributed by atoms with Gasteiger partial charge >= 0.3 is 6.17 Å². The minimum absolute atomic E-state index is 0.0449. The number of para-hydroxylation sites is 1. The molecule has 2 nitrogen and oxygen atoms in total. The van der Waals surface area contributed by atoms with Crippen molar-refractivity contribution in [2.75, 3.05) is 0 Å². The number of hydrogen-bond donors (Lipinski definition) is 0. The van der Waals surface area contributed by atoms with Gasteiger partial charge in [0.25, 0.3) is 5.69 Å². The fourth-order valence-electron chi connectivity index (χ4n) is 9.88. The quantitative estimate of drug-likeness (QED) is 0.163. The molecule has 2 heterocycles. The molecular formula is C52H34N2+2. The van der Waals surface area contributed by atoms with Gasteiger partial charge in [-0.3, -0.25) is 0 Å². The Bertz CT molecular complexity index is 3000. The summed E-state index contributed by atoms with van der Waals surface area (Å²) in [5, 5.41) is 5.09. The summed E-state index contributed by atoms with van der Waals surface area (Å²) in [4.78, 5) is 0. The molecule has 0 fully saturated rings. The summed E-state index contributed by atoms with van der Waals surface area (Å²) in [7, 11) is 0. The van der Waals surface area contributed by atoms with Gasteiger partial charge in [-0.1, -0.05) is 115 Å². The smallest absolute Gasteiger partial charge is 0.127 e. The first-order chi connectivity index (χ1) is 26.8. The van der Waals surface area contributed by atoms with Crippen molar-refractivity contribution in [1.29, 1.82) is 0 Å². The van der Waals surface area contributed by atoms with Crippen molar-refractivity contribution in [3.05, 3.63) is 228 Å². The second-order valence-electron chi connectivity index (χ2n) is 14.9. The van der Waals surface area contributed by atoms with Crippen molar-refractivity contribution in [3.63, 3.8) is 0 Å². The van der Waals surface area contributed by atoms with E-state index in [-0.39, 0.29) is 11.6 Å². The van der Waals surface area contributed by atoms with Gasteiger partial charge in [0, 0.05) is 24.3 Å². The average molecular weight is 687 g/mol. The summed E-state index contributed by atoms with van der Waals surface area (Å²) in [6, 6.07) is 70.1. The van der Waals surface area contributed by atoms with Crippen LogP contribution in [0.4, 0.5) is 5.69 Å². The lowest BCUT2D eigenvalue weighted by atomic mass is 9.70. The molecule has 2 heteroatoms. The highest BCUT2D eigenvalue weighted by Gasteiger charge is 2.52. The van der Waals surface area contributed by atoms with Crippen LogP contribution >= 0.6 is 0 Å². The summed E-state index contributed by atoms with van der Waals surface area (Å²) < 4.78 is 4.73. The van der Waals surface area contributed by atoms with Gasteiger partial charge in [0.15, 0.2) is 6.20 Å². The standard InChI is InChI=1S/C52H34N2/c1-2-14-41(15-3-1)54-33-42-16-10-11-27-53(42)51(54)35-23-21-34(22-24-35)38-25-26-39-30-46-45-29-36-12-4-5-13-37(36)31-49(45)52(50(46)32-40(39)28-38)47-19-8-6-17-43(47)44-18-7-9-20-48(44)52/h1-33,51H/q+2. The average Bonchev–Trinajstić information content (AvgIpc) is 3.86. The molecule has 8 aromatic carbocycles. The zero-order valence-corrected chi connectivity index (χ0v) is 29.5. The van der Waals surface area contributed by atoms with E-state index in [1.54, 1.807) is 0 Å². The monoisotopic (exact) mass is 686 g/mol. The molecule has 1 atom stereocenters. The molecular weight excluding hydrogens is 653 g/mol. The van der Waals surface area contributed by atoms with Crippen molar-refractivity contribution in [2.45, 2.75) is 11.6 Å². The van der Waals surface area contributed by atoms with Crippen LogP contribution in [0.3, 0.4) is 0 Å². The topological polar surface area (TPSA) is 6.89 Å². The van der Waals surface area contributed by atoms with E-state index in [1.807, 2.05) is 0 Å². The Morgan fingerprint density at radius 3 is 1.69 bits per heavy atom. The lowest BCUT2D eigenvalue weighted by Crippen LogP contribution is -2.42. The van der Waals surface area contributed by atoms with E-state index in [0.717, 1.165) is 0 Å². The minimum Gasteiger partial charge on any atom is -0.127 e. The summed E-state index contributed by atoms with van der Waals surface area (Å²) in [6.45, 7) is 0. The highest BCUT2D eigenvalue weighted by Crippen LogP contribution is 2.63. The second kappa shape index (κ2) is 11.1. The molecule has 9 aromatic rings. The Morgan fingerprint density at radius 2 is 0.963 bits per heavy atom. The number of hydrogen-bond acceptors (Lipinski definition) is 0. The van der Waals surface area contributed by atoms with Crippen LogP contribution in [0.1, 0.15) is 39.7 Å². The number of rotatable bonds is 3. The molecule has 0 N–H and O–H groups in total. The molecule has 0 amide bonds. The van der Waals surface area contributed by atoms with E-state index in [0.29, 0.717) is 0 Å². The van der Waals surface area contributed by atoms with Crippen LogP contribution in [0.25, 0.3) is 54.9 Å². The van der Waals surface area contributed by atoms with Crippen molar-refractivity contribution < 1.29 is 9.14 Å². The first kappa shape index (κ1) is 29.7. The van der Waals surface area contributed by atoms with Crippen molar-refractivity contribution in [3.8, 4) is 33.4 Å². The van der Waals surface area contributed by atoms with Crippen molar-refractivity contribution in [1.82, 2.24) is 0 Å². The minimum atomic E-state index is -0.384. The molecule has 1 spiro atoms. The summed E-state index contributed by atoms with van der Waals surface area (Å²) >= 11 is 0. The number of aromatic nitrogens is 1. The van der Waals surface area contributed by atoms with Crippen molar-refractivity contribution >= 4 is 33.4 Å². The third kappa shape index (κ3) is 4.00. The fourth-order valence-corrected chi connectivity index (χ4v) is 9.88. The van der Waals surface area contributed by atoms with Crippen LogP contribution in [0, 0.1) is 0 Å². The number of benzene rings is 8. The second-order valence-corrected chi connectivity index (χ2v) is 14.9. The first-order valence-electron chi connectivity index (χ1n) is 18.9. The Kier molecular flexibility index (Phi) is 6.07. The van der Waals surface area contributed by atoms with E-state index >= 15 is 0 Å². The molecule has 54 heavy (non-hydrogen) atoms. The van der Waals surface area contributed by atoms with E-state index in [1.165, 1.54) is 94.1 Å². The van der Waals surface area contributed by atoms with Crippen LogP contribution in [0.5, 0.6) is 0 Å². The molecule has 0 radical (unpaired) electrons. The predicted octanol–water partition coefficient (Wildman–Crippen LogP) is 11.6. The summed E-state index contributed by atoms with van der Waals surface area (Å²) in [6.07, 6.45) is 4.48. The highest BCUT2D eigenvalue weighted by atomic mass is 15.3. The van der Waals surface area contributed by atoms with Crippen molar-refractivity contribution in [2.24, 2.45) is 0 Å². The Balaban J connectivity index is 1.02. The molecule has 0 saturated heterocycles. The molecule has 1 unspecified atom stereocenters. The predicted molar refractivity (Wildman–Crippen MR) is 219 cm³/mol. The van der Waals surface area contributed by atoms with Gasteiger partial charge in [0.2, 0.25) is 11.9 Å². The van der Waals surface area contributed by atoms with Crippen LogP contribution in [-0.2, 0) is 5.41 Å². The number of nitrogens with zero attached hydrogens (tertiary/aromatic N) is 2. The molecule has 0 saturated carbocycles. The molecule has 12 rings (SSSR count). The molecule has 3 aliphatic rings. The van der Waals surface area contributed by atoms with Crippen LogP contribution in [0.2, 0.25) is 0 Å². The van der Waals surface area contributed by atoms with E-state index in [9.17, 15) is 0 Å². The van der Waals surface area contributed by atoms with Gasteiger partial charge in [-0.05, 0) is 126 Å². The van der Waals surface area contributed by atoms with E-state index in [4.69, 9.17) is 0 Å². The summed E-state index contributed by atoms with van der Waals surface area (Å²) in [5.74, 6) is 0. The van der Waals surface area contributed by atoms with Gasteiger partial charge < -0.3 is 0 Å². The maximum Gasteiger partial charge on any atom is 0.380 e. The number of pyridine rings is 1. The Morgan fingerprint density at radius 1 is 0.389 bits per heavy atom. The zero-order valence-electron chi connectivity index (χ0n) is 29.5. The maximum absolute atomic E-state index is 2.51. The van der Waals surface area contributed by atoms with Gasteiger partial charge in [0.05, 0.1) is 11.0 Å². The van der Waals surface area contributed by atoms with E-state index < -0.39 is 0 Å². The number of fused-ring (bicyclic) bond motifs is 13. The van der Waals surface area contributed by atoms with Crippen LogP contribution < -0.4 is 4.57 Å². The molecule has 2 aliphatic carbocycles. The first-order valence-corrected chi connectivity index (χ1v) is 18.9. The van der Waals surface area contributed by atoms with Gasteiger partial charge in [-0.15, -0.1) is 9.14 Å². The SMILES string of the molecule is C1=[N+](c2ccccc2)C(c2ccc(-c3ccc4cc5c(cc4c3)C3(c4ccccc4-c4ccccc43)c3cc4ccccc4cc3-5)cc2)[n+]2ccccc21. The largest absolute Gasteiger partial charge is 0.380 e. The Labute approximate surface area is 314 Å². The van der Waals surface area contributed by atoms with Gasteiger partial charge in [-0.25, -0.2) is 0 Å². The van der Waals surface area contributed by atoms with Gasteiger partial charge in [-0.2, -0.15) is 0 Å². The fraction of sp³-hybridized carbons (Fsp3) is 0.0385. The molecule has 1 aromatic heterocycles. The third-order valence-electron chi connectivity index (χ3n) is 12.2. The van der Waals surface area contributed by atoms with Gasteiger partial charge in [0.1, 0.15) is 0 Å². The lowest BCUT2D eigenvalue weighted by molar-refractivity contribution is -0.830. The summed E-state index contributed by atoms with van der Waals surface area (Å²) in [5.41, 5.74) is 16.5. The molecule has 0 bridgehead atoms. The highest BCUT2D eigenvalue weighted by molar-refractivity contribution is 6.03. The molecule has 1 aliphatic heterocycles.